The van der Waals surface area contributed by atoms with Crippen LogP contribution in [0.5, 0.6) is 0 Å². The van der Waals surface area contributed by atoms with Gasteiger partial charge in [0.1, 0.15) is 5.82 Å². The zero-order chi connectivity index (χ0) is 17.5. The summed E-state index contributed by atoms with van der Waals surface area (Å²) in [5.41, 5.74) is 4.26. The summed E-state index contributed by atoms with van der Waals surface area (Å²) in [4.78, 5) is 9.21. The molecule has 1 aromatic heterocycles. The molecule has 0 radical (unpaired) electrons. The van der Waals surface area contributed by atoms with Crippen LogP contribution in [-0.2, 0) is 12.8 Å². The van der Waals surface area contributed by atoms with E-state index in [9.17, 15) is 0 Å². The summed E-state index contributed by atoms with van der Waals surface area (Å²) in [6.07, 6.45) is 15.2. The molecule has 0 bridgehead atoms. The SMILES string of the molecule is CCCCCc1ccc(C2CCC(c3ncc(CC)cn3)CC2)cc1. The first-order valence-electron chi connectivity index (χ1n) is 10.2. The average Bonchev–Trinajstić information content (AvgIpc) is 2.69. The smallest absolute Gasteiger partial charge is 0.131 e. The molecule has 2 heteroatoms. The van der Waals surface area contributed by atoms with Gasteiger partial charge in [0.05, 0.1) is 0 Å². The molecule has 1 aromatic carbocycles. The first-order valence-corrected chi connectivity index (χ1v) is 10.2. The van der Waals surface area contributed by atoms with E-state index in [4.69, 9.17) is 0 Å². The van der Waals surface area contributed by atoms with Crippen molar-refractivity contribution in [3.63, 3.8) is 0 Å². The molecule has 2 nitrogen and oxygen atoms in total. The fraction of sp³-hybridized carbons (Fsp3) is 0.565. The monoisotopic (exact) mass is 336 g/mol. The van der Waals surface area contributed by atoms with E-state index in [0.29, 0.717) is 5.92 Å². The highest BCUT2D eigenvalue weighted by Gasteiger charge is 2.25. The van der Waals surface area contributed by atoms with Gasteiger partial charge in [-0.15, -0.1) is 0 Å². The minimum absolute atomic E-state index is 0.551. The van der Waals surface area contributed by atoms with Crippen molar-refractivity contribution in [3.8, 4) is 0 Å². The number of nitrogens with zero attached hydrogens (tertiary/aromatic N) is 2. The fourth-order valence-corrected chi connectivity index (χ4v) is 3.98. The lowest BCUT2D eigenvalue weighted by Crippen LogP contribution is -2.14. The van der Waals surface area contributed by atoms with Crippen LogP contribution in [0, 0.1) is 0 Å². The molecule has 1 saturated carbocycles. The quantitative estimate of drug-likeness (QED) is 0.561. The molecule has 1 aliphatic carbocycles. The Hall–Kier alpha value is -1.70. The molecule has 0 unspecified atom stereocenters. The molecule has 0 aliphatic heterocycles. The number of rotatable bonds is 7. The number of hydrogen-bond donors (Lipinski definition) is 0. The maximum Gasteiger partial charge on any atom is 0.131 e. The van der Waals surface area contributed by atoms with E-state index in [1.807, 2.05) is 12.4 Å². The second-order valence-corrected chi connectivity index (χ2v) is 7.55. The van der Waals surface area contributed by atoms with Crippen molar-refractivity contribution in [1.29, 1.82) is 0 Å². The summed E-state index contributed by atoms with van der Waals surface area (Å²) in [6, 6.07) is 9.45. The van der Waals surface area contributed by atoms with Crippen molar-refractivity contribution < 1.29 is 0 Å². The van der Waals surface area contributed by atoms with Gasteiger partial charge in [0.25, 0.3) is 0 Å². The van der Waals surface area contributed by atoms with E-state index in [0.717, 1.165) is 18.2 Å². The third kappa shape index (κ3) is 4.90. The molecule has 0 spiro atoms. The van der Waals surface area contributed by atoms with Crippen molar-refractivity contribution in [1.82, 2.24) is 9.97 Å². The van der Waals surface area contributed by atoms with Gasteiger partial charge in [-0.05, 0) is 67.6 Å². The number of hydrogen-bond acceptors (Lipinski definition) is 2. The number of unbranched alkanes of at least 4 members (excludes halogenated alkanes) is 2. The summed E-state index contributed by atoms with van der Waals surface area (Å²) < 4.78 is 0. The third-order valence-electron chi connectivity index (χ3n) is 5.75. The maximum absolute atomic E-state index is 4.61. The van der Waals surface area contributed by atoms with Gasteiger partial charge in [-0.1, -0.05) is 51.0 Å². The van der Waals surface area contributed by atoms with Crippen LogP contribution in [0.25, 0.3) is 0 Å². The molecule has 1 fully saturated rings. The molecule has 134 valence electrons. The summed E-state index contributed by atoms with van der Waals surface area (Å²) in [5, 5.41) is 0. The number of benzene rings is 1. The average molecular weight is 337 g/mol. The van der Waals surface area contributed by atoms with Gasteiger partial charge in [-0.3, -0.25) is 0 Å². The molecule has 3 rings (SSSR count). The van der Waals surface area contributed by atoms with Crippen molar-refractivity contribution in [3.05, 3.63) is 59.2 Å². The highest BCUT2D eigenvalue weighted by Crippen LogP contribution is 2.39. The zero-order valence-corrected chi connectivity index (χ0v) is 15.9. The third-order valence-corrected chi connectivity index (χ3v) is 5.75. The van der Waals surface area contributed by atoms with Gasteiger partial charge in [0.2, 0.25) is 0 Å². The second kappa shape index (κ2) is 9.12. The van der Waals surface area contributed by atoms with Crippen molar-refractivity contribution >= 4 is 0 Å². The van der Waals surface area contributed by atoms with Crippen molar-refractivity contribution in [2.75, 3.05) is 0 Å². The molecular formula is C23H32N2. The van der Waals surface area contributed by atoms with Crippen LogP contribution in [0.2, 0.25) is 0 Å². The van der Waals surface area contributed by atoms with Crippen LogP contribution in [-0.4, -0.2) is 9.97 Å². The predicted octanol–water partition coefficient (Wildman–Crippen LogP) is 6.21. The van der Waals surface area contributed by atoms with Crippen LogP contribution < -0.4 is 0 Å². The lowest BCUT2D eigenvalue weighted by molar-refractivity contribution is 0.385. The van der Waals surface area contributed by atoms with Crippen LogP contribution in [0.4, 0.5) is 0 Å². The summed E-state index contributed by atoms with van der Waals surface area (Å²) in [6.45, 7) is 4.42. The Bertz CT molecular complexity index is 622. The minimum atomic E-state index is 0.551. The minimum Gasteiger partial charge on any atom is -0.241 e. The highest BCUT2D eigenvalue weighted by atomic mass is 14.9. The predicted molar refractivity (Wildman–Crippen MR) is 105 cm³/mol. The molecular weight excluding hydrogens is 304 g/mol. The van der Waals surface area contributed by atoms with E-state index >= 15 is 0 Å². The summed E-state index contributed by atoms with van der Waals surface area (Å²) in [7, 11) is 0. The van der Waals surface area contributed by atoms with Gasteiger partial charge in [-0.25, -0.2) is 9.97 Å². The number of aryl methyl sites for hydroxylation is 2. The Balaban J connectivity index is 1.52. The second-order valence-electron chi connectivity index (χ2n) is 7.55. The van der Waals surface area contributed by atoms with E-state index in [1.54, 1.807) is 0 Å². The van der Waals surface area contributed by atoms with Crippen LogP contribution in [0.3, 0.4) is 0 Å². The van der Waals surface area contributed by atoms with Crippen LogP contribution in [0.1, 0.15) is 93.1 Å². The molecule has 0 amide bonds. The molecule has 1 aliphatic rings. The van der Waals surface area contributed by atoms with Gasteiger partial charge in [-0.2, -0.15) is 0 Å². The first-order chi connectivity index (χ1) is 12.3. The Morgan fingerprint density at radius 2 is 1.44 bits per heavy atom. The Kier molecular flexibility index (Phi) is 6.61. The molecule has 0 saturated heterocycles. The molecule has 25 heavy (non-hydrogen) atoms. The van der Waals surface area contributed by atoms with Gasteiger partial charge in [0.15, 0.2) is 0 Å². The van der Waals surface area contributed by atoms with E-state index < -0.39 is 0 Å². The standard InChI is InChI=1S/C23H32N2/c1-3-5-6-7-19-8-10-20(11-9-19)21-12-14-22(15-13-21)23-24-16-18(4-2)17-25-23/h8-11,16-17,21-22H,3-7,12-15H2,1-2H3. The van der Waals surface area contributed by atoms with E-state index in [1.165, 1.54) is 68.1 Å². The van der Waals surface area contributed by atoms with Crippen LogP contribution in [0.15, 0.2) is 36.7 Å². The van der Waals surface area contributed by atoms with Gasteiger partial charge < -0.3 is 0 Å². The lowest BCUT2D eigenvalue weighted by Gasteiger charge is -2.28. The van der Waals surface area contributed by atoms with E-state index in [2.05, 4.69) is 48.1 Å². The Morgan fingerprint density at radius 3 is 2.04 bits per heavy atom. The first kappa shape index (κ1) is 18.1. The molecule has 0 atom stereocenters. The number of aromatic nitrogens is 2. The zero-order valence-electron chi connectivity index (χ0n) is 15.9. The molecule has 0 N–H and O–H groups in total. The fourth-order valence-electron chi connectivity index (χ4n) is 3.98. The lowest BCUT2D eigenvalue weighted by atomic mass is 9.78. The summed E-state index contributed by atoms with van der Waals surface area (Å²) in [5.74, 6) is 2.33. The Morgan fingerprint density at radius 1 is 0.800 bits per heavy atom. The Labute approximate surface area is 153 Å². The topological polar surface area (TPSA) is 25.8 Å². The maximum atomic E-state index is 4.61. The molecule has 2 aromatic rings. The summed E-state index contributed by atoms with van der Waals surface area (Å²) >= 11 is 0. The largest absolute Gasteiger partial charge is 0.241 e. The van der Waals surface area contributed by atoms with Gasteiger partial charge >= 0.3 is 0 Å². The van der Waals surface area contributed by atoms with Crippen molar-refractivity contribution in [2.24, 2.45) is 0 Å². The van der Waals surface area contributed by atoms with Gasteiger partial charge in [0, 0.05) is 18.3 Å². The molecule has 1 heterocycles. The highest BCUT2D eigenvalue weighted by molar-refractivity contribution is 5.26. The van der Waals surface area contributed by atoms with Crippen LogP contribution >= 0.6 is 0 Å². The van der Waals surface area contributed by atoms with E-state index in [-0.39, 0.29) is 0 Å². The normalized spacial score (nSPS) is 20.6. The van der Waals surface area contributed by atoms with Crippen molar-refractivity contribution in [2.45, 2.75) is 83.5 Å².